The molecule has 0 radical (unpaired) electrons. The number of anilines is 1. The minimum atomic E-state index is -1.03. The van der Waals surface area contributed by atoms with Crippen molar-refractivity contribution < 1.29 is 14.7 Å². The monoisotopic (exact) mass is 264 g/mol. The highest BCUT2D eigenvalue weighted by Crippen LogP contribution is 2.14. The number of carboxylic acid groups (broad SMARTS) is 1. The van der Waals surface area contributed by atoms with Gasteiger partial charge in [0.25, 0.3) is 5.91 Å². The maximum atomic E-state index is 12.1. The zero-order valence-corrected chi connectivity index (χ0v) is 11.4. The summed E-state index contributed by atoms with van der Waals surface area (Å²) in [4.78, 5) is 23.2. The largest absolute Gasteiger partial charge is 0.480 e. The molecular weight excluding hydrogens is 244 g/mol. The summed E-state index contributed by atoms with van der Waals surface area (Å²) in [6.45, 7) is 5.66. The Balaban J connectivity index is 2.87. The molecular formula is C14H20N2O3. The van der Waals surface area contributed by atoms with Crippen molar-refractivity contribution >= 4 is 17.6 Å². The molecule has 1 atom stereocenters. The molecule has 1 rings (SSSR count). The highest BCUT2D eigenvalue weighted by atomic mass is 16.4. The summed E-state index contributed by atoms with van der Waals surface area (Å²) in [5, 5.41) is 11.6. The molecule has 1 aromatic rings. The van der Waals surface area contributed by atoms with Gasteiger partial charge in [-0.3, -0.25) is 4.79 Å². The highest BCUT2D eigenvalue weighted by molar-refractivity contribution is 6.01. The fraction of sp³-hybridized carbons (Fsp3) is 0.429. The second-order valence-electron chi connectivity index (χ2n) is 5.08. The predicted molar refractivity (Wildman–Crippen MR) is 73.9 cm³/mol. The highest BCUT2D eigenvalue weighted by Gasteiger charge is 2.22. The van der Waals surface area contributed by atoms with Crippen LogP contribution < -0.4 is 11.1 Å². The van der Waals surface area contributed by atoms with E-state index >= 15 is 0 Å². The normalized spacial score (nSPS) is 12.2. The molecule has 1 amide bonds. The summed E-state index contributed by atoms with van der Waals surface area (Å²) in [5.41, 5.74) is 7.29. The van der Waals surface area contributed by atoms with Crippen molar-refractivity contribution in [3.05, 3.63) is 29.3 Å². The Kier molecular flexibility index (Phi) is 4.92. The molecule has 5 heteroatoms. The Morgan fingerprint density at radius 3 is 2.53 bits per heavy atom. The molecule has 5 nitrogen and oxygen atoms in total. The van der Waals surface area contributed by atoms with Gasteiger partial charge in [-0.15, -0.1) is 0 Å². The van der Waals surface area contributed by atoms with Gasteiger partial charge in [0.15, 0.2) is 0 Å². The van der Waals surface area contributed by atoms with Gasteiger partial charge in [0.05, 0.1) is 5.56 Å². The van der Waals surface area contributed by atoms with Crippen LogP contribution in [0.25, 0.3) is 0 Å². The van der Waals surface area contributed by atoms with Gasteiger partial charge < -0.3 is 16.2 Å². The molecule has 0 saturated carbocycles. The van der Waals surface area contributed by atoms with Gasteiger partial charge in [-0.2, -0.15) is 0 Å². The van der Waals surface area contributed by atoms with E-state index in [-0.39, 0.29) is 5.92 Å². The molecule has 19 heavy (non-hydrogen) atoms. The number of carbonyl (C=O) groups excluding carboxylic acids is 1. The van der Waals surface area contributed by atoms with E-state index in [1.54, 1.807) is 18.2 Å². The van der Waals surface area contributed by atoms with E-state index in [0.29, 0.717) is 17.7 Å². The van der Waals surface area contributed by atoms with Crippen LogP contribution in [0.2, 0.25) is 0 Å². The first kappa shape index (κ1) is 15.0. The number of hydrogen-bond acceptors (Lipinski definition) is 3. The zero-order valence-electron chi connectivity index (χ0n) is 11.4. The predicted octanol–water partition coefficient (Wildman–Crippen LogP) is 1.81. The van der Waals surface area contributed by atoms with Crippen LogP contribution in [0.15, 0.2) is 18.2 Å². The van der Waals surface area contributed by atoms with E-state index in [9.17, 15) is 9.59 Å². The molecule has 0 aliphatic rings. The lowest BCUT2D eigenvalue weighted by atomic mass is 10.0. The molecule has 0 heterocycles. The minimum Gasteiger partial charge on any atom is -0.480 e. The molecule has 0 bridgehead atoms. The number of aryl methyl sites for hydroxylation is 1. The van der Waals surface area contributed by atoms with Gasteiger partial charge in [-0.05, 0) is 31.4 Å². The Morgan fingerprint density at radius 1 is 1.37 bits per heavy atom. The quantitative estimate of drug-likeness (QED) is 0.707. The first-order valence-corrected chi connectivity index (χ1v) is 6.21. The summed E-state index contributed by atoms with van der Waals surface area (Å²) in [5.74, 6) is -1.31. The van der Waals surface area contributed by atoms with Crippen LogP contribution in [-0.4, -0.2) is 23.0 Å². The van der Waals surface area contributed by atoms with Crippen molar-refractivity contribution in [2.75, 3.05) is 5.73 Å². The van der Waals surface area contributed by atoms with E-state index in [1.165, 1.54) is 0 Å². The number of nitrogens with two attached hydrogens (primary N) is 1. The Morgan fingerprint density at radius 2 is 2.00 bits per heavy atom. The SMILES string of the molecule is Cc1ccc(N)c(C(=O)N[C@@H](CC(C)C)C(=O)O)c1. The maximum absolute atomic E-state index is 12.1. The molecule has 104 valence electrons. The average Bonchev–Trinajstić information content (AvgIpc) is 2.30. The number of carbonyl (C=O) groups is 2. The minimum absolute atomic E-state index is 0.177. The van der Waals surface area contributed by atoms with Gasteiger partial charge >= 0.3 is 5.97 Å². The van der Waals surface area contributed by atoms with Crippen LogP contribution in [0.3, 0.4) is 0 Å². The molecule has 1 aromatic carbocycles. The number of hydrogen-bond donors (Lipinski definition) is 3. The van der Waals surface area contributed by atoms with Gasteiger partial charge in [0.2, 0.25) is 0 Å². The van der Waals surface area contributed by atoms with Gasteiger partial charge in [-0.1, -0.05) is 25.5 Å². The number of amides is 1. The summed E-state index contributed by atoms with van der Waals surface area (Å²) in [6.07, 6.45) is 0.382. The lowest BCUT2D eigenvalue weighted by Gasteiger charge is -2.17. The number of aliphatic carboxylic acids is 1. The number of nitrogen functional groups attached to an aromatic ring is 1. The number of nitrogens with one attached hydrogen (secondary N) is 1. The fourth-order valence-electron chi connectivity index (χ4n) is 1.80. The van der Waals surface area contributed by atoms with Crippen LogP contribution in [-0.2, 0) is 4.79 Å². The van der Waals surface area contributed by atoms with Crippen LogP contribution in [0.5, 0.6) is 0 Å². The van der Waals surface area contributed by atoms with Gasteiger partial charge in [-0.25, -0.2) is 4.79 Å². The molecule has 0 saturated heterocycles. The third kappa shape index (κ3) is 4.28. The second-order valence-corrected chi connectivity index (χ2v) is 5.08. The molecule has 0 spiro atoms. The topological polar surface area (TPSA) is 92.4 Å². The first-order chi connectivity index (χ1) is 8.81. The third-order valence-corrected chi connectivity index (χ3v) is 2.76. The van der Waals surface area contributed by atoms with E-state index in [0.717, 1.165) is 5.56 Å². The lowest BCUT2D eigenvalue weighted by molar-refractivity contribution is -0.139. The number of carboxylic acids is 1. The molecule has 4 N–H and O–H groups in total. The first-order valence-electron chi connectivity index (χ1n) is 6.21. The summed E-state index contributed by atoms with van der Waals surface area (Å²) in [6, 6.07) is 4.20. The molecule has 0 unspecified atom stereocenters. The maximum Gasteiger partial charge on any atom is 0.326 e. The third-order valence-electron chi connectivity index (χ3n) is 2.76. The van der Waals surface area contributed by atoms with E-state index in [4.69, 9.17) is 10.8 Å². The second kappa shape index (κ2) is 6.22. The fourth-order valence-corrected chi connectivity index (χ4v) is 1.80. The summed E-state index contributed by atoms with van der Waals surface area (Å²) in [7, 11) is 0. The van der Waals surface area contributed by atoms with Crippen molar-refractivity contribution in [1.29, 1.82) is 0 Å². The summed E-state index contributed by atoms with van der Waals surface area (Å²) < 4.78 is 0. The summed E-state index contributed by atoms with van der Waals surface area (Å²) >= 11 is 0. The Labute approximate surface area is 112 Å². The lowest BCUT2D eigenvalue weighted by Crippen LogP contribution is -2.41. The Hall–Kier alpha value is -2.04. The number of benzene rings is 1. The molecule has 0 aromatic heterocycles. The van der Waals surface area contributed by atoms with E-state index in [1.807, 2.05) is 20.8 Å². The van der Waals surface area contributed by atoms with E-state index in [2.05, 4.69) is 5.32 Å². The van der Waals surface area contributed by atoms with Crippen molar-refractivity contribution in [1.82, 2.24) is 5.32 Å². The van der Waals surface area contributed by atoms with Crippen LogP contribution in [0.1, 0.15) is 36.2 Å². The van der Waals surface area contributed by atoms with Crippen LogP contribution in [0, 0.1) is 12.8 Å². The van der Waals surface area contributed by atoms with Crippen molar-refractivity contribution in [2.45, 2.75) is 33.2 Å². The standard InChI is InChI=1S/C14H20N2O3/c1-8(2)6-12(14(18)19)16-13(17)10-7-9(3)4-5-11(10)15/h4-5,7-8,12H,6,15H2,1-3H3,(H,16,17)(H,18,19)/t12-/m0/s1. The van der Waals surface area contributed by atoms with Crippen LogP contribution in [0.4, 0.5) is 5.69 Å². The van der Waals surface area contributed by atoms with Crippen molar-refractivity contribution in [2.24, 2.45) is 5.92 Å². The smallest absolute Gasteiger partial charge is 0.326 e. The van der Waals surface area contributed by atoms with Crippen LogP contribution >= 0.6 is 0 Å². The van der Waals surface area contributed by atoms with Crippen molar-refractivity contribution in [3.63, 3.8) is 0 Å². The zero-order chi connectivity index (χ0) is 14.6. The molecule has 0 aliphatic heterocycles. The number of rotatable bonds is 5. The van der Waals surface area contributed by atoms with Gasteiger partial charge in [0, 0.05) is 5.69 Å². The molecule has 0 fully saturated rings. The Bertz CT molecular complexity index is 484. The van der Waals surface area contributed by atoms with Gasteiger partial charge in [0.1, 0.15) is 6.04 Å². The molecule has 0 aliphatic carbocycles. The van der Waals surface area contributed by atoms with E-state index < -0.39 is 17.9 Å². The average molecular weight is 264 g/mol. The van der Waals surface area contributed by atoms with Crippen molar-refractivity contribution in [3.8, 4) is 0 Å².